The van der Waals surface area contributed by atoms with Gasteiger partial charge in [-0.15, -0.1) is 0 Å². The maximum absolute atomic E-state index is 13.8. The molecule has 3 atom stereocenters. The highest BCUT2D eigenvalue weighted by molar-refractivity contribution is 5.91. The molecule has 0 radical (unpaired) electrons. The van der Waals surface area contributed by atoms with Crippen molar-refractivity contribution in [3.8, 4) is 16.9 Å². The molecule has 48 heavy (non-hydrogen) atoms. The normalized spacial score (nSPS) is 18.6. The molecule has 0 spiro atoms. The number of carboxylic acid groups (broad SMARTS) is 1. The molecular formula is C33H45N5O10. The number of benzene rings is 2. The SMILES string of the molecule is CC(C)(C)OC(=O)NCCC[C@@H]1NC(=O)[C@@H](NC(=O)OC(C)(C)C)Cc2cc(ccc2O)-c2ccc(N)c(c2)C[C@H](OC(=O)O)NC1=O. The number of fused-ring (bicyclic) bond motifs is 5. The van der Waals surface area contributed by atoms with Crippen molar-refractivity contribution >= 4 is 35.8 Å². The van der Waals surface area contributed by atoms with Crippen LogP contribution in [0.2, 0.25) is 0 Å². The highest BCUT2D eigenvalue weighted by atomic mass is 16.7. The Balaban J connectivity index is 2.02. The van der Waals surface area contributed by atoms with Crippen molar-refractivity contribution in [1.29, 1.82) is 0 Å². The van der Waals surface area contributed by atoms with Gasteiger partial charge in [0.05, 0.1) is 0 Å². The van der Waals surface area contributed by atoms with E-state index in [0.29, 0.717) is 27.9 Å². The molecule has 8 N–H and O–H groups in total. The minimum absolute atomic E-state index is 0.0231. The summed E-state index contributed by atoms with van der Waals surface area (Å²) in [4.78, 5) is 64.0. The molecule has 262 valence electrons. The molecule has 0 saturated carbocycles. The van der Waals surface area contributed by atoms with Crippen LogP contribution in [0.4, 0.5) is 20.1 Å². The molecule has 4 bridgehead atoms. The number of nitrogens with two attached hydrogens (primary N) is 1. The van der Waals surface area contributed by atoms with Crippen LogP contribution in [0.25, 0.3) is 11.1 Å². The van der Waals surface area contributed by atoms with Crippen LogP contribution in [0.3, 0.4) is 0 Å². The third-order valence-electron chi connectivity index (χ3n) is 6.91. The second-order valence-corrected chi connectivity index (χ2v) is 13.4. The van der Waals surface area contributed by atoms with E-state index in [-0.39, 0.29) is 38.0 Å². The maximum Gasteiger partial charge on any atom is 0.507 e. The largest absolute Gasteiger partial charge is 0.508 e. The first-order valence-corrected chi connectivity index (χ1v) is 15.5. The Morgan fingerprint density at radius 1 is 0.875 bits per heavy atom. The number of anilines is 1. The third kappa shape index (κ3) is 11.9. The molecule has 1 heterocycles. The number of ether oxygens (including phenoxy) is 3. The highest BCUT2D eigenvalue weighted by Crippen LogP contribution is 2.30. The summed E-state index contributed by atoms with van der Waals surface area (Å²) in [6, 6.07) is 7.19. The number of hydrogen-bond donors (Lipinski definition) is 7. The van der Waals surface area contributed by atoms with E-state index in [1.165, 1.54) is 6.07 Å². The molecular weight excluding hydrogens is 626 g/mol. The second kappa shape index (κ2) is 15.6. The van der Waals surface area contributed by atoms with Gasteiger partial charge in [0.25, 0.3) is 0 Å². The van der Waals surface area contributed by atoms with Gasteiger partial charge in [-0.05, 0) is 101 Å². The Bertz CT molecular complexity index is 1520. The number of carbonyl (C=O) groups is 5. The number of aromatic hydroxyl groups is 1. The van der Waals surface area contributed by atoms with Crippen molar-refractivity contribution < 1.29 is 48.4 Å². The van der Waals surface area contributed by atoms with E-state index < -0.39 is 59.7 Å². The number of alkyl carbamates (subject to hydrolysis) is 2. The minimum atomic E-state index is -1.65. The number of carbonyl (C=O) groups excluding carboxylic acids is 4. The summed E-state index contributed by atoms with van der Waals surface area (Å²) >= 11 is 0. The van der Waals surface area contributed by atoms with Gasteiger partial charge in [-0.25, -0.2) is 14.4 Å². The van der Waals surface area contributed by atoms with Gasteiger partial charge in [0.1, 0.15) is 29.0 Å². The smallest absolute Gasteiger partial charge is 0.507 e. The van der Waals surface area contributed by atoms with Crippen LogP contribution in [-0.4, -0.2) is 76.4 Å². The first-order valence-electron chi connectivity index (χ1n) is 15.5. The van der Waals surface area contributed by atoms with Crippen LogP contribution >= 0.6 is 0 Å². The van der Waals surface area contributed by atoms with Crippen LogP contribution in [-0.2, 0) is 36.6 Å². The van der Waals surface area contributed by atoms with Gasteiger partial charge in [-0.2, -0.15) is 0 Å². The van der Waals surface area contributed by atoms with Crippen LogP contribution in [0.15, 0.2) is 36.4 Å². The quantitative estimate of drug-likeness (QED) is 0.102. The topological polar surface area (TPSA) is 228 Å². The molecule has 0 fully saturated rings. The average Bonchev–Trinajstić information content (AvgIpc) is 2.93. The molecule has 2 aromatic carbocycles. The van der Waals surface area contributed by atoms with Crippen molar-refractivity contribution in [2.45, 2.75) is 96.7 Å². The van der Waals surface area contributed by atoms with E-state index in [9.17, 15) is 34.2 Å². The molecule has 15 heteroatoms. The molecule has 4 amide bonds. The van der Waals surface area contributed by atoms with Crippen molar-refractivity contribution in [3.05, 3.63) is 47.5 Å². The monoisotopic (exact) mass is 671 g/mol. The van der Waals surface area contributed by atoms with Gasteiger partial charge in [0, 0.05) is 25.1 Å². The predicted octanol–water partition coefficient (Wildman–Crippen LogP) is 3.56. The molecule has 2 aromatic rings. The van der Waals surface area contributed by atoms with Gasteiger partial charge >= 0.3 is 18.3 Å². The molecule has 1 aliphatic heterocycles. The van der Waals surface area contributed by atoms with Crippen LogP contribution in [0, 0.1) is 0 Å². The van der Waals surface area contributed by atoms with Gasteiger partial charge in [-0.1, -0.05) is 12.1 Å². The average molecular weight is 672 g/mol. The summed E-state index contributed by atoms with van der Waals surface area (Å²) in [7, 11) is 0. The summed E-state index contributed by atoms with van der Waals surface area (Å²) in [5, 5.41) is 30.5. The Labute approximate surface area is 278 Å². The van der Waals surface area contributed by atoms with Gasteiger partial charge < -0.3 is 51.4 Å². The van der Waals surface area contributed by atoms with Crippen LogP contribution in [0.1, 0.15) is 65.5 Å². The molecule has 0 aromatic heterocycles. The molecule has 0 saturated heterocycles. The predicted molar refractivity (Wildman–Crippen MR) is 175 cm³/mol. The number of nitrogen functional groups attached to an aromatic ring is 1. The number of hydrogen-bond acceptors (Lipinski definition) is 10. The molecule has 3 rings (SSSR count). The maximum atomic E-state index is 13.8. The fourth-order valence-corrected chi connectivity index (χ4v) is 4.82. The Kier molecular flexibility index (Phi) is 12.1. The van der Waals surface area contributed by atoms with Crippen molar-refractivity contribution in [3.63, 3.8) is 0 Å². The van der Waals surface area contributed by atoms with E-state index in [0.717, 1.165) is 0 Å². The van der Waals surface area contributed by atoms with Crippen LogP contribution in [0.5, 0.6) is 5.75 Å². The zero-order chi connectivity index (χ0) is 35.8. The first-order chi connectivity index (χ1) is 22.3. The van der Waals surface area contributed by atoms with E-state index in [4.69, 9.17) is 19.9 Å². The Hall–Kier alpha value is -5.21. The minimum Gasteiger partial charge on any atom is -0.508 e. The summed E-state index contributed by atoms with van der Waals surface area (Å²) in [6.45, 7) is 10.2. The van der Waals surface area contributed by atoms with E-state index >= 15 is 0 Å². The Morgan fingerprint density at radius 2 is 1.48 bits per heavy atom. The number of rotatable bonds is 6. The molecule has 0 aliphatic carbocycles. The molecule has 15 nitrogen and oxygen atoms in total. The fraction of sp³-hybridized carbons (Fsp3) is 0.485. The number of phenols is 1. The number of phenolic OH excluding ortho intramolecular Hbond substituents is 1. The highest BCUT2D eigenvalue weighted by Gasteiger charge is 2.31. The number of amides is 4. The van der Waals surface area contributed by atoms with Crippen molar-refractivity contribution in [2.75, 3.05) is 12.3 Å². The van der Waals surface area contributed by atoms with Gasteiger partial charge in [0.15, 0.2) is 6.23 Å². The number of nitrogens with one attached hydrogen (secondary N) is 4. The van der Waals surface area contributed by atoms with Crippen molar-refractivity contribution in [1.82, 2.24) is 21.3 Å². The van der Waals surface area contributed by atoms with Gasteiger partial charge in [0.2, 0.25) is 11.8 Å². The summed E-state index contributed by atoms with van der Waals surface area (Å²) in [6.07, 6.45) is -4.80. The van der Waals surface area contributed by atoms with Gasteiger partial charge in [-0.3, -0.25) is 9.59 Å². The summed E-state index contributed by atoms with van der Waals surface area (Å²) < 4.78 is 15.6. The van der Waals surface area contributed by atoms with E-state index in [1.54, 1.807) is 71.9 Å². The fourth-order valence-electron chi connectivity index (χ4n) is 4.82. The van der Waals surface area contributed by atoms with E-state index in [2.05, 4.69) is 21.3 Å². The lowest BCUT2D eigenvalue weighted by molar-refractivity contribution is -0.132. The second-order valence-electron chi connectivity index (χ2n) is 13.4. The zero-order valence-electron chi connectivity index (χ0n) is 28.0. The lowest BCUT2D eigenvalue weighted by Crippen LogP contribution is -2.56. The standard InChI is InChI=1S/C33H45N5O10/c1-32(2,3)47-29(42)35-13-7-8-23-27(40)38-26(46-31(44)45)17-20-14-18(9-11-22(20)34)19-10-12-25(39)21(15-19)16-24(28(41)36-23)37-30(43)48-33(4,5)6/h9-12,14-15,23-24,26,39H,7-8,13,16-17,34H2,1-6H3,(H,35,42)(H,36,41)(H,37,43)(H,38,40)(H,44,45)/t23-,24-,26-/m0/s1. The lowest BCUT2D eigenvalue weighted by atomic mass is 9.96. The molecule has 0 unspecified atom stereocenters. The Morgan fingerprint density at radius 3 is 2.10 bits per heavy atom. The first kappa shape index (κ1) is 37.2. The zero-order valence-corrected chi connectivity index (χ0v) is 28.0. The lowest BCUT2D eigenvalue weighted by Gasteiger charge is -2.26. The van der Waals surface area contributed by atoms with E-state index in [1.807, 2.05) is 0 Å². The molecule has 1 aliphatic rings. The summed E-state index contributed by atoms with van der Waals surface area (Å²) in [5.74, 6) is -1.72. The van der Waals surface area contributed by atoms with Crippen molar-refractivity contribution in [2.24, 2.45) is 0 Å². The summed E-state index contributed by atoms with van der Waals surface area (Å²) in [5.41, 5.74) is 6.97. The van der Waals surface area contributed by atoms with Crippen LogP contribution < -0.4 is 27.0 Å². The third-order valence-corrected chi connectivity index (χ3v) is 6.91.